The third-order valence-corrected chi connectivity index (χ3v) is 2.76. The largest absolute Gasteiger partial charge is 0.339 e. The van der Waals surface area contributed by atoms with Gasteiger partial charge in [-0.15, -0.1) is 0 Å². The Balaban J connectivity index is 2.86. The number of nitrogens with zero attached hydrogens (tertiary/aromatic N) is 1. The zero-order valence-corrected chi connectivity index (χ0v) is 10.5. The summed E-state index contributed by atoms with van der Waals surface area (Å²) in [6.07, 6.45) is 2.16. The number of amides is 1. The van der Waals surface area contributed by atoms with Gasteiger partial charge in [0.2, 0.25) is 0 Å². The molecule has 1 aromatic carbocycles. The first-order chi connectivity index (χ1) is 7.72. The molecule has 0 spiro atoms. The van der Waals surface area contributed by atoms with Crippen LogP contribution in [0.25, 0.3) is 0 Å². The van der Waals surface area contributed by atoms with E-state index in [9.17, 15) is 4.79 Å². The summed E-state index contributed by atoms with van der Waals surface area (Å²) in [6, 6.07) is 7.98. The average molecular weight is 219 g/mol. The van der Waals surface area contributed by atoms with Crippen molar-refractivity contribution in [3.8, 4) is 0 Å². The number of aryl methyl sites for hydroxylation is 1. The van der Waals surface area contributed by atoms with Crippen LogP contribution in [0, 0.1) is 0 Å². The highest BCUT2D eigenvalue weighted by Crippen LogP contribution is 2.10. The second kappa shape index (κ2) is 6.31. The molecule has 0 aliphatic rings. The highest BCUT2D eigenvalue weighted by atomic mass is 16.2. The van der Waals surface area contributed by atoms with Crippen molar-refractivity contribution in [1.82, 2.24) is 4.90 Å². The predicted molar refractivity (Wildman–Crippen MR) is 67.7 cm³/mol. The normalized spacial score (nSPS) is 10.2. The van der Waals surface area contributed by atoms with E-state index in [1.54, 1.807) is 0 Å². The lowest BCUT2D eigenvalue weighted by atomic mass is 10.1. The molecule has 0 saturated heterocycles. The Labute approximate surface area is 98.3 Å². The molecule has 88 valence electrons. The summed E-state index contributed by atoms with van der Waals surface area (Å²) in [7, 11) is 0. The van der Waals surface area contributed by atoms with Crippen LogP contribution in [0.4, 0.5) is 0 Å². The van der Waals surface area contributed by atoms with Crippen LogP contribution in [-0.2, 0) is 6.42 Å². The van der Waals surface area contributed by atoms with Gasteiger partial charge in [0, 0.05) is 18.7 Å². The van der Waals surface area contributed by atoms with Crippen LogP contribution in [0.15, 0.2) is 24.3 Å². The Morgan fingerprint density at radius 1 is 1.19 bits per heavy atom. The average Bonchev–Trinajstić information content (AvgIpc) is 2.31. The van der Waals surface area contributed by atoms with E-state index >= 15 is 0 Å². The minimum Gasteiger partial charge on any atom is -0.339 e. The molecule has 2 heteroatoms. The number of carbonyl (C=O) groups excluding carboxylic acids is 1. The van der Waals surface area contributed by atoms with E-state index in [1.807, 2.05) is 36.9 Å². The molecule has 16 heavy (non-hydrogen) atoms. The van der Waals surface area contributed by atoms with Crippen molar-refractivity contribution >= 4 is 5.91 Å². The summed E-state index contributed by atoms with van der Waals surface area (Å²) in [5.74, 6) is 0.142. The van der Waals surface area contributed by atoms with E-state index in [0.717, 1.165) is 31.5 Å². The van der Waals surface area contributed by atoms with E-state index in [2.05, 4.69) is 13.0 Å². The molecule has 0 bridgehead atoms. The van der Waals surface area contributed by atoms with Gasteiger partial charge in [-0.3, -0.25) is 4.79 Å². The van der Waals surface area contributed by atoms with Crippen LogP contribution in [-0.4, -0.2) is 23.9 Å². The van der Waals surface area contributed by atoms with E-state index in [0.29, 0.717) is 0 Å². The molecular formula is C14H21NO. The van der Waals surface area contributed by atoms with Crippen molar-refractivity contribution in [2.45, 2.75) is 33.6 Å². The van der Waals surface area contributed by atoms with E-state index in [-0.39, 0.29) is 5.91 Å². The van der Waals surface area contributed by atoms with Crippen LogP contribution < -0.4 is 0 Å². The van der Waals surface area contributed by atoms with E-state index < -0.39 is 0 Å². The monoisotopic (exact) mass is 219 g/mol. The maximum Gasteiger partial charge on any atom is 0.253 e. The smallest absolute Gasteiger partial charge is 0.253 e. The van der Waals surface area contributed by atoms with Crippen molar-refractivity contribution in [2.24, 2.45) is 0 Å². The summed E-state index contributed by atoms with van der Waals surface area (Å²) in [6.45, 7) is 7.72. The van der Waals surface area contributed by atoms with Crippen molar-refractivity contribution in [1.29, 1.82) is 0 Å². The Kier molecular flexibility index (Phi) is 5.03. The van der Waals surface area contributed by atoms with Crippen LogP contribution in [0.2, 0.25) is 0 Å². The van der Waals surface area contributed by atoms with Crippen molar-refractivity contribution in [3.05, 3.63) is 35.4 Å². The maximum atomic E-state index is 12.1. The summed E-state index contributed by atoms with van der Waals surface area (Å²) < 4.78 is 0. The molecule has 1 rings (SSSR count). The van der Waals surface area contributed by atoms with Crippen LogP contribution in [0.3, 0.4) is 0 Å². The first-order valence-corrected chi connectivity index (χ1v) is 6.11. The summed E-state index contributed by atoms with van der Waals surface area (Å²) in [5, 5.41) is 0. The highest BCUT2D eigenvalue weighted by Gasteiger charge is 2.11. The Bertz CT molecular complexity index is 342. The molecule has 0 aliphatic carbocycles. The molecule has 0 aliphatic heterocycles. The second-order valence-electron chi connectivity index (χ2n) is 3.93. The lowest BCUT2D eigenvalue weighted by molar-refractivity contribution is 0.0773. The van der Waals surface area contributed by atoms with E-state index in [4.69, 9.17) is 0 Å². The third kappa shape index (κ3) is 3.09. The van der Waals surface area contributed by atoms with Gasteiger partial charge < -0.3 is 4.90 Å². The molecule has 1 amide bonds. The number of rotatable bonds is 5. The maximum absolute atomic E-state index is 12.1. The quantitative estimate of drug-likeness (QED) is 0.745. The van der Waals surface area contributed by atoms with Gasteiger partial charge in [-0.25, -0.2) is 0 Å². The van der Waals surface area contributed by atoms with Crippen LogP contribution in [0.1, 0.15) is 43.1 Å². The predicted octanol–water partition coefficient (Wildman–Crippen LogP) is 3.12. The van der Waals surface area contributed by atoms with E-state index in [1.165, 1.54) is 5.56 Å². The standard InChI is InChI=1S/C14H21NO/c1-4-8-12-9-7-10-13(11-12)14(16)15(5-2)6-3/h7,9-11H,4-6,8H2,1-3H3. The SMILES string of the molecule is CCCc1cccc(C(=O)N(CC)CC)c1. The van der Waals surface area contributed by atoms with Gasteiger partial charge in [0.25, 0.3) is 5.91 Å². The van der Waals surface area contributed by atoms with Crippen molar-refractivity contribution < 1.29 is 4.79 Å². The molecule has 0 unspecified atom stereocenters. The summed E-state index contributed by atoms with van der Waals surface area (Å²) in [5.41, 5.74) is 2.06. The van der Waals surface area contributed by atoms with Gasteiger partial charge in [0.15, 0.2) is 0 Å². The molecule has 0 radical (unpaired) electrons. The fourth-order valence-electron chi connectivity index (χ4n) is 1.84. The molecule has 0 atom stereocenters. The van der Waals surface area contributed by atoms with Gasteiger partial charge in [0.05, 0.1) is 0 Å². The van der Waals surface area contributed by atoms with Gasteiger partial charge in [-0.05, 0) is 38.0 Å². The molecule has 0 fully saturated rings. The topological polar surface area (TPSA) is 20.3 Å². The minimum atomic E-state index is 0.142. The molecule has 1 aromatic rings. The van der Waals surface area contributed by atoms with Crippen molar-refractivity contribution in [2.75, 3.05) is 13.1 Å². The Morgan fingerprint density at radius 3 is 2.44 bits per heavy atom. The Hall–Kier alpha value is -1.31. The van der Waals surface area contributed by atoms with Crippen molar-refractivity contribution in [3.63, 3.8) is 0 Å². The van der Waals surface area contributed by atoms with Crippen LogP contribution in [0.5, 0.6) is 0 Å². The fourth-order valence-corrected chi connectivity index (χ4v) is 1.84. The number of hydrogen-bond donors (Lipinski definition) is 0. The number of hydrogen-bond acceptors (Lipinski definition) is 1. The number of benzene rings is 1. The molecule has 0 aromatic heterocycles. The van der Waals surface area contributed by atoms with Crippen LogP contribution >= 0.6 is 0 Å². The summed E-state index contributed by atoms with van der Waals surface area (Å²) in [4.78, 5) is 13.9. The fraction of sp³-hybridized carbons (Fsp3) is 0.500. The highest BCUT2D eigenvalue weighted by molar-refractivity contribution is 5.94. The summed E-state index contributed by atoms with van der Waals surface area (Å²) >= 11 is 0. The minimum absolute atomic E-state index is 0.142. The first-order valence-electron chi connectivity index (χ1n) is 6.11. The molecule has 0 N–H and O–H groups in total. The first kappa shape index (κ1) is 12.8. The molecular weight excluding hydrogens is 198 g/mol. The molecule has 0 saturated carbocycles. The Morgan fingerprint density at radius 2 is 1.88 bits per heavy atom. The van der Waals surface area contributed by atoms with Gasteiger partial charge >= 0.3 is 0 Å². The lowest BCUT2D eigenvalue weighted by Gasteiger charge is -2.18. The zero-order chi connectivity index (χ0) is 12.0. The van der Waals surface area contributed by atoms with Gasteiger partial charge in [-0.1, -0.05) is 25.5 Å². The zero-order valence-electron chi connectivity index (χ0n) is 10.5. The van der Waals surface area contributed by atoms with Gasteiger partial charge in [0.1, 0.15) is 0 Å². The third-order valence-electron chi connectivity index (χ3n) is 2.76. The lowest BCUT2D eigenvalue weighted by Crippen LogP contribution is -2.30. The second-order valence-corrected chi connectivity index (χ2v) is 3.93. The molecule has 2 nitrogen and oxygen atoms in total. The van der Waals surface area contributed by atoms with Gasteiger partial charge in [-0.2, -0.15) is 0 Å². The molecule has 0 heterocycles. The number of carbonyl (C=O) groups is 1.